The Labute approximate surface area is 136 Å². The van der Waals surface area contributed by atoms with E-state index in [1.54, 1.807) is 16.7 Å². The first-order chi connectivity index (χ1) is 10.5. The lowest BCUT2D eigenvalue weighted by molar-refractivity contribution is -0.145. The van der Waals surface area contributed by atoms with E-state index in [-0.39, 0.29) is 17.1 Å². The zero-order valence-electron chi connectivity index (χ0n) is 13.4. The molecule has 4 nitrogen and oxygen atoms in total. The molecule has 1 fully saturated rings. The fourth-order valence-electron chi connectivity index (χ4n) is 2.33. The van der Waals surface area contributed by atoms with Crippen LogP contribution in [0.15, 0.2) is 29.2 Å². The van der Waals surface area contributed by atoms with Crippen LogP contribution in [0.3, 0.4) is 0 Å². The maximum Gasteiger partial charge on any atom is 0.306 e. The average molecular weight is 321 g/mol. The van der Waals surface area contributed by atoms with Crippen LogP contribution < -0.4 is 0 Å². The number of rotatable bonds is 6. The summed E-state index contributed by atoms with van der Waals surface area (Å²) in [6.45, 7) is 5.10. The second-order valence-corrected chi connectivity index (χ2v) is 7.34. The molecule has 1 atom stereocenters. The number of esters is 1. The van der Waals surface area contributed by atoms with Crippen molar-refractivity contribution in [3.05, 3.63) is 29.8 Å². The molecule has 1 amide bonds. The van der Waals surface area contributed by atoms with Crippen molar-refractivity contribution in [1.29, 1.82) is 0 Å². The van der Waals surface area contributed by atoms with E-state index in [9.17, 15) is 9.59 Å². The van der Waals surface area contributed by atoms with Crippen molar-refractivity contribution in [3.8, 4) is 0 Å². The summed E-state index contributed by atoms with van der Waals surface area (Å²) >= 11 is 1.59. The smallest absolute Gasteiger partial charge is 0.306 e. The van der Waals surface area contributed by atoms with Crippen LogP contribution in [0.25, 0.3) is 0 Å². The minimum absolute atomic E-state index is 0.00346. The largest absolute Gasteiger partial charge is 0.461 e. The number of ether oxygens (including phenoxy) is 1. The fourth-order valence-corrected chi connectivity index (χ4v) is 3.54. The number of hydrogen-bond donors (Lipinski definition) is 0. The fraction of sp³-hybridized carbons (Fsp3) is 0.529. The Morgan fingerprint density at radius 3 is 2.86 bits per heavy atom. The topological polar surface area (TPSA) is 46.6 Å². The van der Waals surface area contributed by atoms with E-state index >= 15 is 0 Å². The van der Waals surface area contributed by atoms with Gasteiger partial charge in [0.25, 0.3) is 0 Å². The lowest BCUT2D eigenvalue weighted by atomic mass is 10.1. The van der Waals surface area contributed by atoms with Gasteiger partial charge < -0.3 is 9.64 Å². The third-order valence-electron chi connectivity index (χ3n) is 3.53. The molecule has 1 aromatic rings. The second-order valence-electron chi connectivity index (χ2n) is 6.06. The monoisotopic (exact) mass is 321 g/mol. The molecule has 22 heavy (non-hydrogen) atoms. The molecule has 120 valence electrons. The predicted molar refractivity (Wildman–Crippen MR) is 87.6 cm³/mol. The summed E-state index contributed by atoms with van der Waals surface area (Å²) in [7, 11) is 1.84. The number of carbonyl (C=O) groups is 2. The summed E-state index contributed by atoms with van der Waals surface area (Å²) in [5.74, 6) is 0.333. The minimum atomic E-state index is -0.166. The summed E-state index contributed by atoms with van der Waals surface area (Å²) in [5, 5.41) is 0.00346. The van der Waals surface area contributed by atoms with Crippen molar-refractivity contribution in [2.45, 2.75) is 43.4 Å². The maximum absolute atomic E-state index is 11.9. The van der Waals surface area contributed by atoms with Crippen LogP contribution in [0.2, 0.25) is 0 Å². The molecule has 5 heteroatoms. The summed E-state index contributed by atoms with van der Waals surface area (Å²) in [4.78, 5) is 26.4. The van der Waals surface area contributed by atoms with Crippen molar-refractivity contribution in [3.63, 3.8) is 0 Å². The van der Waals surface area contributed by atoms with E-state index < -0.39 is 0 Å². The quantitative estimate of drug-likeness (QED) is 0.755. The van der Waals surface area contributed by atoms with Crippen LogP contribution in [0.1, 0.15) is 32.3 Å². The van der Waals surface area contributed by atoms with E-state index in [4.69, 9.17) is 4.74 Å². The Balaban J connectivity index is 1.90. The van der Waals surface area contributed by atoms with Crippen LogP contribution in [0.4, 0.5) is 0 Å². The number of likely N-dealkylation sites (tertiary alicyclic amines) is 1. The molecule has 2 rings (SSSR count). The van der Waals surface area contributed by atoms with Crippen LogP contribution in [0, 0.1) is 5.92 Å². The molecule has 1 saturated heterocycles. The highest BCUT2D eigenvalue weighted by Gasteiger charge is 2.29. The number of thioether (sulfide) groups is 1. The molecular formula is C17H23NO3S. The van der Waals surface area contributed by atoms with Gasteiger partial charge in [-0.05, 0) is 30.0 Å². The van der Waals surface area contributed by atoms with E-state index in [1.165, 1.54) is 0 Å². The Kier molecular flexibility index (Phi) is 5.89. The van der Waals surface area contributed by atoms with Gasteiger partial charge in [0, 0.05) is 24.9 Å². The predicted octanol–water partition coefficient (Wildman–Crippen LogP) is 3.10. The highest BCUT2D eigenvalue weighted by molar-refractivity contribution is 8.00. The molecule has 1 aliphatic rings. The van der Waals surface area contributed by atoms with Crippen molar-refractivity contribution < 1.29 is 14.3 Å². The Morgan fingerprint density at radius 2 is 2.23 bits per heavy atom. The molecule has 1 heterocycles. The summed E-state index contributed by atoms with van der Waals surface area (Å²) in [5.41, 5.74) is 0.959. The van der Waals surface area contributed by atoms with Gasteiger partial charge >= 0.3 is 5.97 Å². The first kappa shape index (κ1) is 16.9. The van der Waals surface area contributed by atoms with Crippen molar-refractivity contribution in [2.24, 2.45) is 5.92 Å². The first-order valence-electron chi connectivity index (χ1n) is 7.62. The van der Waals surface area contributed by atoms with Gasteiger partial charge in [-0.25, -0.2) is 0 Å². The standard InChI is InChI=1S/C17H23NO3S/c1-12(2)9-16(19)21-11-13-5-4-6-14(10-13)22-15-7-8-18(3)17(15)20/h4-6,10,12,15H,7-9,11H2,1-3H3. The molecule has 1 aliphatic heterocycles. The Bertz CT molecular complexity index is 544. The van der Waals surface area contributed by atoms with Crippen LogP contribution >= 0.6 is 11.8 Å². The van der Waals surface area contributed by atoms with E-state index in [0.717, 1.165) is 23.4 Å². The van der Waals surface area contributed by atoms with Gasteiger partial charge in [-0.2, -0.15) is 0 Å². The van der Waals surface area contributed by atoms with Gasteiger partial charge in [-0.1, -0.05) is 26.0 Å². The molecule has 0 radical (unpaired) electrons. The van der Waals surface area contributed by atoms with Gasteiger partial charge in [0.05, 0.1) is 5.25 Å². The van der Waals surface area contributed by atoms with Gasteiger partial charge in [-0.3, -0.25) is 9.59 Å². The molecule has 1 aromatic carbocycles. The van der Waals surface area contributed by atoms with Crippen molar-refractivity contribution in [2.75, 3.05) is 13.6 Å². The number of hydrogen-bond acceptors (Lipinski definition) is 4. The third kappa shape index (κ3) is 4.77. The van der Waals surface area contributed by atoms with E-state index in [2.05, 4.69) is 0 Å². The van der Waals surface area contributed by atoms with Gasteiger partial charge in [0.15, 0.2) is 0 Å². The molecule has 0 N–H and O–H groups in total. The maximum atomic E-state index is 11.9. The Morgan fingerprint density at radius 1 is 1.45 bits per heavy atom. The minimum Gasteiger partial charge on any atom is -0.461 e. The first-order valence-corrected chi connectivity index (χ1v) is 8.50. The SMILES string of the molecule is CC(C)CC(=O)OCc1cccc(SC2CCN(C)C2=O)c1. The number of benzene rings is 1. The number of amides is 1. The second kappa shape index (κ2) is 7.68. The summed E-state index contributed by atoms with van der Waals surface area (Å²) < 4.78 is 5.28. The lowest BCUT2D eigenvalue weighted by Crippen LogP contribution is -2.23. The summed E-state index contributed by atoms with van der Waals surface area (Å²) in [6, 6.07) is 7.88. The molecule has 1 unspecified atom stereocenters. The molecule has 0 saturated carbocycles. The van der Waals surface area contributed by atoms with Crippen LogP contribution in [-0.4, -0.2) is 35.6 Å². The summed E-state index contributed by atoms with van der Waals surface area (Å²) in [6.07, 6.45) is 1.32. The van der Waals surface area contributed by atoms with Crippen molar-refractivity contribution in [1.82, 2.24) is 4.90 Å². The molecule has 0 aliphatic carbocycles. The van der Waals surface area contributed by atoms with Gasteiger partial charge in [0.2, 0.25) is 5.91 Å². The van der Waals surface area contributed by atoms with E-state index in [1.807, 2.05) is 45.2 Å². The van der Waals surface area contributed by atoms with Crippen molar-refractivity contribution >= 4 is 23.6 Å². The van der Waals surface area contributed by atoms with Crippen LogP contribution in [0.5, 0.6) is 0 Å². The normalized spacial score (nSPS) is 18.1. The molecule has 0 bridgehead atoms. The molecule has 0 aromatic heterocycles. The number of nitrogens with zero attached hydrogens (tertiary/aromatic N) is 1. The molecule has 0 spiro atoms. The number of carbonyl (C=O) groups excluding carboxylic acids is 2. The average Bonchev–Trinajstić information content (AvgIpc) is 2.77. The van der Waals surface area contributed by atoms with Crippen LogP contribution in [-0.2, 0) is 20.9 Å². The highest BCUT2D eigenvalue weighted by atomic mass is 32.2. The third-order valence-corrected chi connectivity index (χ3v) is 4.78. The Hall–Kier alpha value is -1.49. The zero-order valence-corrected chi connectivity index (χ0v) is 14.2. The van der Waals surface area contributed by atoms with Gasteiger partial charge in [0.1, 0.15) is 6.61 Å². The molecular weight excluding hydrogens is 298 g/mol. The highest BCUT2D eigenvalue weighted by Crippen LogP contribution is 2.30. The van der Waals surface area contributed by atoms with E-state index in [0.29, 0.717) is 18.9 Å². The lowest BCUT2D eigenvalue weighted by Gasteiger charge is -2.11. The van der Waals surface area contributed by atoms with Gasteiger partial charge in [-0.15, -0.1) is 11.8 Å². The zero-order chi connectivity index (χ0) is 16.1.